The number of allylic oxidation sites excluding steroid dienone is 5. The molecule has 30 heavy (non-hydrogen) atoms. The summed E-state index contributed by atoms with van der Waals surface area (Å²) in [6, 6.07) is 4.02. The lowest BCUT2D eigenvalue weighted by Gasteiger charge is -2.09. The summed E-state index contributed by atoms with van der Waals surface area (Å²) in [5, 5.41) is 21.6. The third kappa shape index (κ3) is 10.1. The molecule has 0 spiro atoms. The summed E-state index contributed by atoms with van der Waals surface area (Å²) in [6.07, 6.45) is 19.3. The van der Waals surface area contributed by atoms with Crippen LogP contribution in [0.2, 0.25) is 0 Å². The van der Waals surface area contributed by atoms with Crippen molar-refractivity contribution >= 4 is 17.6 Å². The number of benzene rings is 1. The number of aromatic hydroxyl groups is 1. The van der Waals surface area contributed by atoms with Crippen LogP contribution in [-0.2, 0) is 4.79 Å². The minimum Gasteiger partial charge on any atom is -0.507 e. The monoisotopic (exact) mass is 413 g/mol. The summed E-state index contributed by atoms with van der Waals surface area (Å²) >= 11 is 0. The first-order valence-corrected chi connectivity index (χ1v) is 10.9. The van der Waals surface area contributed by atoms with Crippen LogP contribution in [0.4, 0.5) is 5.69 Å². The van der Waals surface area contributed by atoms with Gasteiger partial charge in [-0.3, -0.25) is 4.79 Å². The van der Waals surface area contributed by atoms with Gasteiger partial charge in [0.2, 0.25) is 0 Å². The molecule has 0 saturated heterocycles. The molecule has 0 bridgehead atoms. The molecule has 3 N–H and O–H groups in total. The number of hydrogen-bond donors (Lipinski definition) is 3. The van der Waals surface area contributed by atoms with Gasteiger partial charge in [0.25, 0.3) is 5.91 Å². The summed E-state index contributed by atoms with van der Waals surface area (Å²) in [5.74, 6) is -1.82. The van der Waals surface area contributed by atoms with Crippen molar-refractivity contribution in [2.75, 3.05) is 5.32 Å². The third-order valence-corrected chi connectivity index (χ3v) is 4.66. The largest absolute Gasteiger partial charge is 0.507 e. The molecule has 0 saturated carbocycles. The van der Waals surface area contributed by atoms with E-state index in [4.69, 9.17) is 5.11 Å². The number of hydrogen-bond acceptors (Lipinski definition) is 3. The van der Waals surface area contributed by atoms with Crippen LogP contribution >= 0.6 is 0 Å². The van der Waals surface area contributed by atoms with Crippen LogP contribution in [0.5, 0.6) is 5.75 Å². The Balaban J connectivity index is 2.77. The van der Waals surface area contributed by atoms with Crippen molar-refractivity contribution in [3.05, 3.63) is 59.7 Å². The second-order valence-corrected chi connectivity index (χ2v) is 7.21. The van der Waals surface area contributed by atoms with Gasteiger partial charge in [-0.05, 0) is 44.2 Å². The second kappa shape index (κ2) is 15.1. The predicted octanol–water partition coefficient (Wildman–Crippen LogP) is 6.62. The molecule has 5 nitrogen and oxygen atoms in total. The zero-order valence-corrected chi connectivity index (χ0v) is 18.2. The van der Waals surface area contributed by atoms with Crippen LogP contribution in [0.1, 0.15) is 82.0 Å². The highest BCUT2D eigenvalue weighted by molar-refractivity contribution is 6.04. The highest BCUT2D eigenvalue weighted by Crippen LogP contribution is 2.23. The van der Waals surface area contributed by atoms with E-state index in [1.807, 2.05) is 18.2 Å². The molecule has 1 amide bonds. The van der Waals surface area contributed by atoms with Gasteiger partial charge in [-0.15, -0.1) is 0 Å². The number of aromatic carboxylic acids is 1. The molecule has 0 aliphatic carbocycles. The van der Waals surface area contributed by atoms with Crippen molar-refractivity contribution in [2.45, 2.75) is 71.6 Å². The molecule has 5 heteroatoms. The van der Waals surface area contributed by atoms with Crippen LogP contribution in [0.25, 0.3) is 0 Å². The number of phenols is 1. The number of rotatable bonds is 14. The molecule has 1 aromatic rings. The van der Waals surface area contributed by atoms with Gasteiger partial charge in [0.05, 0.1) is 0 Å². The van der Waals surface area contributed by atoms with Crippen molar-refractivity contribution < 1.29 is 19.8 Å². The Hall–Kier alpha value is -2.82. The van der Waals surface area contributed by atoms with Gasteiger partial charge in [0, 0.05) is 17.3 Å². The summed E-state index contributed by atoms with van der Waals surface area (Å²) < 4.78 is 0. The first-order chi connectivity index (χ1) is 14.5. The maximum Gasteiger partial charge on any atom is 0.339 e. The molecule has 1 rings (SSSR count). The van der Waals surface area contributed by atoms with Crippen molar-refractivity contribution in [2.24, 2.45) is 0 Å². The third-order valence-electron chi connectivity index (χ3n) is 4.66. The smallest absolute Gasteiger partial charge is 0.339 e. The van der Waals surface area contributed by atoms with E-state index in [2.05, 4.69) is 31.3 Å². The van der Waals surface area contributed by atoms with Crippen LogP contribution in [0, 0.1) is 0 Å². The van der Waals surface area contributed by atoms with Gasteiger partial charge in [-0.25, -0.2) is 4.79 Å². The summed E-state index contributed by atoms with van der Waals surface area (Å²) in [4.78, 5) is 23.8. The zero-order valence-electron chi connectivity index (χ0n) is 18.2. The first-order valence-electron chi connectivity index (χ1n) is 10.9. The Morgan fingerprint density at radius 1 is 1.00 bits per heavy atom. The quantitative estimate of drug-likeness (QED) is 0.182. The van der Waals surface area contributed by atoms with Gasteiger partial charge in [0.1, 0.15) is 11.3 Å². The summed E-state index contributed by atoms with van der Waals surface area (Å²) in [5.41, 5.74) is 0.841. The van der Waals surface area contributed by atoms with Gasteiger partial charge in [0.15, 0.2) is 0 Å². The van der Waals surface area contributed by atoms with Gasteiger partial charge in [-0.1, -0.05) is 69.9 Å². The molecule has 0 radical (unpaired) electrons. The SMILES string of the molecule is CC/C=C/C/C=C/C/C(=C\CCCCCCC)C(=O)Nc1ccc(C(=O)O)c(O)c1. The number of amides is 1. The highest BCUT2D eigenvalue weighted by Gasteiger charge is 2.13. The van der Waals surface area contributed by atoms with E-state index >= 15 is 0 Å². The Bertz CT molecular complexity index is 762. The fourth-order valence-electron chi connectivity index (χ4n) is 2.94. The number of unbranched alkanes of at least 4 members (excludes halogenated alkanes) is 5. The molecule has 1 aromatic carbocycles. The average molecular weight is 414 g/mol. The van der Waals surface area contributed by atoms with Gasteiger partial charge >= 0.3 is 5.97 Å². The number of carboxylic acids is 1. The maximum atomic E-state index is 12.7. The van der Waals surface area contributed by atoms with E-state index in [9.17, 15) is 14.7 Å². The molecule has 0 aromatic heterocycles. The van der Waals surface area contributed by atoms with Crippen molar-refractivity contribution in [3.8, 4) is 5.75 Å². The Kier molecular flexibility index (Phi) is 12.7. The number of carbonyl (C=O) groups is 2. The van der Waals surface area contributed by atoms with Crippen molar-refractivity contribution in [1.29, 1.82) is 0 Å². The van der Waals surface area contributed by atoms with E-state index in [0.717, 1.165) is 32.1 Å². The van der Waals surface area contributed by atoms with Crippen molar-refractivity contribution in [3.63, 3.8) is 0 Å². The van der Waals surface area contributed by atoms with E-state index in [-0.39, 0.29) is 17.2 Å². The Morgan fingerprint density at radius 2 is 1.73 bits per heavy atom. The van der Waals surface area contributed by atoms with E-state index in [1.54, 1.807) is 0 Å². The lowest BCUT2D eigenvalue weighted by molar-refractivity contribution is -0.112. The standard InChI is InChI=1S/C25H35NO4/c1-3-5-7-9-11-13-15-20(16-14-12-10-8-6-4-2)24(28)26-21-17-18-22(25(29)30)23(27)19-21/h5,7,11,13,16-19,27H,3-4,6,8-10,12,14-15H2,1-2H3,(H,26,28)(H,29,30)/b7-5+,13-11+,20-16+. The maximum absolute atomic E-state index is 12.7. The number of carboxylic acid groups (broad SMARTS) is 1. The fraction of sp³-hybridized carbons (Fsp3) is 0.440. The lowest BCUT2D eigenvalue weighted by Crippen LogP contribution is -2.14. The van der Waals surface area contributed by atoms with E-state index in [0.29, 0.717) is 17.7 Å². The predicted molar refractivity (Wildman–Crippen MR) is 123 cm³/mol. The van der Waals surface area contributed by atoms with Crippen LogP contribution in [-0.4, -0.2) is 22.1 Å². The van der Waals surface area contributed by atoms with Gasteiger partial charge in [-0.2, -0.15) is 0 Å². The highest BCUT2D eigenvalue weighted by atomic mass is 16.4. The molecule has 0 heterocycles. The normalized spacial score (nSPS) is 12.0. The number of nitrogens with one attached hydrogen (secondary N) is 1. The zero-order chi connectivity index (χ0) is 22.2. The minimum atomic E-state index is -1.21. The van der Waals surface area contributed by atoms with Crippen LogP contribution in [0.15, 0.2) is 54.2 Å². The van der Waals surface area contributed by atoms with Gasteiger partial charge < -0.3 is 15.5 Å². The average Bonchev–Trinajstić information content (AvgIpc) is 2.71. The molecule has 0 aliphatic heterocycles. The van der Waals surface area contributed by atoms with Crippen LogP contribution < -0.4 is 5.32 Å². The lowest BCUT2D eigenvalue weighted by atomic mass is 10.1. The molecular weight excluding hydrogens is 378 g/mol. The minimum absolute atomic E-state index is 0.195. The molecule has 0 fully saturated rings. The molecule has 0 atom stereocenters. The Labute approximate surface area is 180 Å². The second-order valence-electron chi connectivity index (χ2n) is 7.21. The number of carbonyl (C=O) groups excluding carboxylic acids is 1. The summed E-state index contributed by atoms with van der Waals surface area (Å²) in [7, 11) is 0. The van der Waals surface area contributed by atoms with E-state index in [1.165, 1.54) is 37.5 Å². The fourth-order valence-corrected chi connectivity index (χ4v) is 2.94. The van der Waals surface area contributed by atoms with E-state index < -0.39 is 5.97 Å². The van der Waals surface area contributed by atoms with Crippen molar-refractivity contribution in [1.82, 2.24) is 0 Å². The Morgan fingerprint density at radius 3 is 2.40 bits per heavy atom. The van der Waals surface area contributed by atoms with Crippen LogP contribution in [0.3, 0.4) is 0 Å². The first kappa shape index (κ1) is 25.2. The molecule has 164 valence electrons. The molecular formula is C25H35NO4. The summed E-state index contributed by atoms with van der Waals surface area (Å²) in [6.45, 7) is 4.28. The molecule has 0 aliphatic rings. The number of anilines is 1. The topological polar surface area (TPSA) is 86.6 Å². The molecule has 0 unspecified atom stereocenters.